The number of hydrogen-bond donors (Lipinski definition) is 1. The van der Waals surface area contributed by atoms with Crippen molar-refractivity contribution in [1.29, 1.82) is 0 Å². The average Bonchev–Trinajstić information content (AvgIpc) is 2.87. The van der Waals surface area contributed by atoms with Gasteiger partial charge in [0.2, 0.25) is 0 Å². The molecule has 1 atom stereocenters. The van der Waals surface area contributed by atoms with Crippen LogP contribution in [0.2, 0.25) is 0 Å². The minimum atomic E-state index is 0.319. The first kappa shape index (κ1) is 11.2. The van der Waals surface area contributed by atoms with Crippen LogP contribution in [0.25, 0.3) is 0 Å². The van der Waals surface area contributed by atoms with Crippen LogP contribution < -0.4 is 0 Å². The molecule has 2 aromatic heterocycles. The third-order valence-corrected chi connectivity index (χ3v) is 3.08. The summed E-state index contributed by atoms with van der Waals surface area (Å²) >= 11 is 5.29. The Morgan fingerprint density at radius 2 is 2.38 bits per heavy atom. The zero-order valence-corrected chi connectivity index (χ0v) is 10.4. The molecule has 0 aromatic carbocycles. The van der Waals surface area contributed by atoms with Gasteiger partial charge in [0, 0.05) is 24.4 Å². The second-order valence-electron chi connectivity index (χ2n) is 3.94. The highest BCUT2D eigenvalue weighted by atomic mass is 32.1. The monoisotopic (exact) mass is 236 g/mol. The van der Waals surface area contributed by atoms with Gasteiger partial charge in [-0.3, -0.25) is 0 Å². The van der Waals surface area contributed by atoms with Crippen molar-refractivity contribution in [3.05, 3.63) is 40.8 Å². The maximum Gasteiger partial charge on any atom is 0.177 e. The Balaban J connectivity index is 2.23. The predicted molar refractivity (Wildman–Crippen MR) is 66.1 cm³/mol. The van der Waals surface area contributed by atoms with E-state index in [-0.39, 0.29) is 0 Å². The van der Waals surface area contributed by atoms with E-state index in [9.17, 15) is 0 Å². The van der Waals surface area contributed by atoms with E-state index in [2.05, 4.69) is 23.4 Å². The molecular weight excluding hydrogens is 220 g/mol. The van der Waals surface area contributed by atoms with Crippen LogP contribution in [-0.2, 0) is 12.8 Å². The van der Waals surface area contributed by atoms with Gasteiger partial charge in [-0.05, 0) is 37.7 Å². The molecule has 2 heterocycles. The molecular formula is C12H16N2OS. The summed E-state index contributed by atoms with van der Waals surface area (Å²) < 4.78 is 8.31. The third kappa shape index (κ3) is 2.11. The Labute approximate surface area is 100 Å². The number of imidazole rings is 1. The molecule has 0 fully saturated rings. The lowest BCUT2D eigenvalue weighted by Crippen LogP contribution is -2.10. The first-order chi connectivity index (χ1) is 7.72. The molecule has 86 valence electrons. The number of H-pyrrole nitrogens is 1. The first-order valence-corrected chi connectivity index (χ1v) is 5.94. The highest BCUT2D eigenvalue weighted by molar-refractivity contribution is 7.71. The molecule has 4 heteroatoms. The maximum absolute atomic E-state index is 5.36. The lowest BCUT2D eigenvalue weighted by atomic mass is 10.2. The standard InChI is InChI=1S/C12H16N2OS/c1-3-10-8-13-12(16)14(10)9(2)7-11-5-4-6-15-11/h4-6,8-9H,3,7H2,1-2H3,(H,13,16). The lowest BCUT2D eigenvalue weighted by Gasteiger charge is -2.14. The molecule has 0 saturated heterocycles. The average molecular weight is 236 g/mol. The van der Waals surface area contributed by atoms with Crippen LogP contribution in [0.15, 0.2) is 29.0 Å². The zero-order valence-electron chi connectivity index (χ0n) is 9.56. The van der Waals surface area contributed by atoms with Gasteiger partial charge < -0.3 is 14.0 Å². The van der Waals surface area contributed by atoms with Crippen molar-refractivity contribution in [2.24, 2.45) is 0 Å². The van der Waals surface area contributed by atoms with Gasteiger partial charge in [-0.15, -0.1) is 0 Å². The van der Waals surface area contributed by atoms with Crippen LogP contribution in [0.3, 0.4) is 0 Å². The predicted octanol–water partition coefficient (Wildman–Crippen LogP) is 3.50. The number of rotatable bonds is 4. The molecule has 0 aliphatic heterocycles. The summed E-state index contributed by atoms with van der Waals surface area (Å²) in [5, 5.41) is 0. The number of aromatic amines is 1. The molecule has 16 heavy (non-hydrogen) atoms. The number of nitrogens with one attached hydrogen (secondary N) is 1. The molecule has 0 amide bonds. The van der Waals surface area contributed by atoms with Gasteiger partial charge in [0.15, 0.2) is 4.77 Å². The van der Waals surface area contributed by atoms with E-state index in [1.165, 1.54) is 5.69 Å². The molecule has 0 spiro atoms. The Kier molecular flexibility index (Phi) is 3.29. The lowest BCUT2D eigenvalue weighted by molar-refractivity contribution is 0.440. The van der Waals surface area contributed by atoms with Crippen LogP contribution in [0.1, 0.15) is 31.3 Å². The first-order valence-electron chi connectivity index (χ1n) is 5.53. The van der Waals surface area contributed by atoms with Gasteiger partial charge in [0.25, 0.3) is 0 Å². The zero-order chi connectivity index (χ0) is 11.5. The van der Waals surface area contributed by atoms with Crippen molar-refractivity contribution >= 4 is 12.2 Å². The SMILES string of the molecule is CCc1c[nH]c(=S)n1C(C)Cc1ccco1. The van der Waals surface area contributed by atoms with Crippen molar-refractivity contribution in [3.63, 3.8) is 0 Å². The normalized spacial score (nSPS) is 12.9. The van der Waals surface area contributed by atoms with E-state index in [0.29, 0.717) is 6.04 Å². The van der Waals surface area contributed by atoms with E-state index in [1.807, 2.05) is 18.3 Å². The summed E-state index contributed by atoms with van der Waals surface area (Å²) in [5.74, 6) is 0.998. The van der Waals surface area contributed by atoms with Gasteiger partial charge >= 0.3 is 0 Å². The summed E-state index contributed by atoms with van der Waals surface area (Å²) in [7, 11) is 0. The summed E-state index contributed by atoms with van der Waals surface area (Å²) in [6.45, 7) is 4.29. The molecule has 2 aromatic rings. The third-order valence-electron chi connectivity index (χ3n) is 2.77. The van der Waals surface area contributed by atoms with Crippen molar-refractivity contribution in [2.75, 3.05) is 0 Å². The van der Waals surface area contributed by atoms with Crippen LogP contribution in [0.5, 0.6) is 0 Å². The minimum absolute atomic E-state index is 0.319. The quantitative estimate of drug-likeness (QED) is 0.824. The van der Waals surface area contributed by atoms with Crippen LogP contribution in [0, 0.1) is 4.77 Å². The number of furan rings is 1. The van der Waals surface area contributed by atoms with Gasteiger partial charge in [-0.1, -0.05) is 6.92 Å². The van der Waals surface area contributed by atoms with E-state index in [0.717, 1.165) is 23.4 Å². The Bertz CT molecular complexity index is 495. The number of hydrogen-bond acceptors (Lipinski definition) is 2. The Morgan fingerprint density at radius 3 is 3.00 bits per heavy atom. The number of nitrogens with zero attached hydrogens (tertiary/aromatic N) is 1. The van der Waals surface area contributed by atoms with Gasteiger partial charge in [-0.2, -0.15) is 0 Å². The Morgan fingerprint density at radius 1 is 1.56 bits per heavy atom. The largest absolute Gasteiger partial charge is 0.469 e. The van der Waals surface area contributed by atoms with Gasteiger partial charge in [0.1, 0.15) is 5.76 Å². The van der Waals surface area contributed by atoms with E-state index >= 15 is 0 Å². The van der Waals surface area contributed by atoms with Crippen LogP contribution in [-0.4, -0.2) is 9.55 Å². The van der Waals surface area contributed by atoms with Crippen molar-refractivity contribution in [2.45, 2.75) is 32.7 Å². The molecule has 3 nitrogen and oxygen atoms in total. The molecule has 1 unspecified atom stereocenters. The van der Waals surface area contributed by atoms with Crippen molar-refractivity contribution in [3.8, 4) is 0 Å². The highest BCUT2D eigenvalue weighted by Crippen LogP contribution is 2.17. The molecule has 0 radical (unpaired) electrons. The Hall–Kier alpha value is -1.29. The van der Waals surface area contributed by atoms with E-state index in [1.54, 1.807) is 6.26 Å². The van der Waals surface area contributed by atoms with Crippen LogP contribution in [0.4, 0.5) is 0 Å². The van der Waals surface area contributed by atoms with E-state index < -0.39 is 0 Å². The fourth-order valence-corrected chi connectivity index (χ4v) is 2.34. The maximum atomic E-state index is 5.36. The molecule has 0 aliphatic carbocycles. The number of aromatic nitrogens is 2. The summed E-state index contributed by atoms with van der Waals surface area (Å²) in [6.07, 6.45) is 5.54. The van der Waals surface area contributed by atoms with E-state index in [4.69, 9.17) is 16.6 Å². The molecule has 0 saturated carbocycles. The summed E-state index contributed by atoms with van der Waals surface area (Å²) in [4.78, 5) is 3.10. The molecule has 0 bridgehead atoms. The van der Waals surface area contributed by atoms with Gasteiger partial charge in [-0.25, -0.2) is 0 Å². The fraction of sp³-hybridized carbons (Fsp3) is 0.417. The molecule has 0 aliphatic rings. The second kappa shape index (κ2) is 4.70. The smallest absolute Gasteiger partial charge is 0.177 e. The molecule has 1 N–H and O–H groups in total. The fourth-order valence-electron chi connectivity index (χ4n) is 1.98. The topological polar surface area (TPSA) is 33.9 Å². The van der Waals surface area contributed by atoms with Crippen LogP contribution >= 0.6 is 12.2 Å². The number of aryl methyl sites for hydroxylation is 1. The highest BCUT2D eigenvalue weighted by Gasteiger charge is 2.12. The van der Waals surface area contributed by atoms with Gasteiger partial charge in [0.05, 0.1) is 6.26 Å². The van der Waals surface area contributed by atoms with Crippen molar-refractivity contribution < 1.29 is 4.42 Å². The minimum Gasteiger partial charge on any atom is -0.469 e. The van der Waals surface area contributed by atoms with Crippen molar-refractivity contribution in [1.82, 2.24) is 9.55 Å². The molecule has 2 rings (SSSR count). The summed E-state index contributed by atoms with van der Waals surface area (Å²) in [5.41, 5.74) is 1.24. The summed E-state index contributed by atoms with van der Waals surface area (Å²) in [6, 6.07) is 4.23. The second-order valence-corrected chi connectivity index (χ2v) is 4.33.